The Morgan fingerprint density at radius 3 is 3.07 bits per heavy atom. The molecular formula is C12H10O2. The molecule has 0 bridgehead atoms. The first-order valence-corrected chi connectivity index (χ1v) is 4.49. The summed E-state index contributed by atoms with van der Waals surface area (Å²) in [5.74, 6) is 0.314. The summed E-state index contributed by atoms with van der Waals surface area (Å²) in [7, 11) is 0. The maximum Gasteiger partial charge on any atom is 0.228 e. The summed E-state index contributed by atoms with van der Waals surface area (Å²) < 4.78 is 5.04. The number of carbonyl (C=O) groups excluding carboxylic acids is 1. The van der Waals surface area contributed by atoms with Gasteiger partial charge < -0.3 is 4.42 Å². The molecule has 1 aromatic rings. The Bertz CT molecular complexity index is 406. The van der Waals surface area contributed by atoms with E-state index in [4.69, 9.17) is 4.42 Å². The first-order valence-electron chi connectivity index (χ1n) is 4.49. The molecule has 0 amide bonds. The summed E-state index contributed by atoms with van der Waals surface area (Å²) in [6.07, 6.45) is 11.8. The molecule has 0 saturated heterocycles. The van der Waals surface area contributed by atoms with Crippen LogP contribution in [0.25, 0.3) is 0 Å². The largest absolute Gasteiger partial charge is 0.461 e. The highest BCUT2D eigenvalue weighted by Crippen LogP contribution is 2.12. The summed E-state index contributed by atoms with van der Waals surface area (Å²) in [6, 6.07) is 3.38. The smallest absolute Gasteiger partial charge is 0.228 e. The van der Waals surface area contributed by atoms with E-state index in [2.05, 4.69) is 0 Å². The molecule has 0 unspecified atom stereocenters. The lowest BCUT2D eigenvalue weighted by Crippen LogP contribution is -1.99. The topological polar surface area (TPSA) is 30.2 Å². The third-order valence-corrected chi connectivity index (χ3v) is 1.99. The molecule has 0 spiro atoms. The van der Waals surface area contributed by atoms with Crippen molar-refractivity contribution < 1.29 is 9.21 Å². The van der Waals surface area contributed by atoms with Gasteiger partial charge in [0.25, 0.3) is 0 Å². The molecule has 2 heteroatoms. The Morgan fingerprint density at radius 2 is 2.29 bits per heavy atom. The Balaban J connectivity index is 2.27. The number of Topliss-reactive ketones (excluding diaryl/α,β-unsaturated/α-hetero) is 1. The van der Waals surface area contributed by atoms with E-state index in [1.807, 2.05) is 24.3 Å². The van der Waals surface area contributed by atoms with Crippen LogP contribution in [0.15, 0.2) is 58.8 Å². The fraction of sp³-hybridized carbons (Fsp3) is 0.0833. The van der Waals surface area contributed by atoms with Crippen molar-refractivity contribution in [3.63, 3.8) is 0 Å². The highest BCUT2D eigenvalue weighted by molar-refractivity contribution is 6.08. The van der Waals surface area contributed by atoms with Gasteiger partial charge in [-0.05, 0) is 18.6 Å². The number of carbonyl (C=O) groups is 1. The van der Waals surface area contributed by atoms with Crippen molar-refractivity contribution in [2.24, 2.45) is 0 Å². The lowest BCUT2D eigenvalue weighted by Gasteiger charge is -1.95. The first kappa shape index (κ1) is 8.75. The summed E-state index contributed by atoms with van der Waals surface area (Å²) >= 11 is 0. The second-order valence-electron chi connectivity index (χ2n) is 2.99. The van der Waals surface area contributed by atoms with Crippen molar-refractivity contribution >= 4 is 5.78 Å². The highest BCUT2D eigenvalue weighted by Gasteiger charge is 2.11. The van der Waals surface area contributed by atoms with Gasteiger partial charge in [0.15, 0.2) is 5.76 Å². The van der Waals surface area contributed by atoms with E-state index in [9.17, 15) is 4.79 Å². The minimum absolute atomic E-state index is 0.0715. The Labute approximate surface area is 82.2 Å². The van der Waals surface area contributed by atoms with Crippen molar-refractivity contribution in [2.75, 3.05) is 0 Å². The van der Waals surface area contributed by atoms with Crippen molar-refractivity contribution in [3.8, 4) is 0 Å². The molecule has 14 heavy (non-hydrogen) atoms. The summed E-state index contributed by atoms with van der Waals surface area (Å²) in [5, 5.41) is 0. The lowest BCUT2D eigenvalue weighted by molar-refractivity contribution is 0.101. The fourth-order valence-corrected chi connectivity index (χ4v) is 1.28. The number of hydrogen-bond donors (Lipinski definition) is 0. The zero-order chi connectivity index (χ0) is 9.80. The third-order valence-electron chi connectivity index (χ3n) is 1.99. The molecule has 0 fully saturated rings. The number of hydrogen-bond acceptors (Lipinski definition) is 2. The van der Waals surface area contributed by atoms with Gasteiger partial charge in [-0.25, -0.2) is 0 Å². The standard InChI is InChI=1S/C12H10O2/c13-12(11-8-5-9-14-11)10-6-3-1-2-4-7-10/h1,3-9H,2H2. The zero-order valence-corrected chi connectivity index (χ0v) is 7.64. The van der Waals surface area contributed by atoms with Gasteiger partial charge in [0.05, 0.1) is 6.26 Å². The van der Waals surface area contributed by atoms with E-state index in [0.29, 0.717) is 11.3 Å². The van der Waals surface area contributed by atoms with Gasteiger partial charge in [0, 0.05) is 5.57 Å². The van der Waals surface area contributed by atoms with Crippen molar-refractivity contribution in [1.82, 2.24) is 0 Å². The van der Waals surface area contributed by atoms with Gasteiger partial charge in [-0.15, -0.1) is 0 Å². The van der Waals surface area contributed by atoms with Gasteiger partial charge in [0.2, 0.25) is 5.78 Å². The normalized spacial score (nSPS) is 15.0. The van der Waals surface area contributed by atoms with Gasteiger partial charge in [-0.3, -0.25) is 4.79 Å². The maximum atomic E-state index is 11.8. The van der Waals surface area contributed by atoms with E-state index in [1.165, 1.54) is 6.26 Å². The molecule has 0 radical (unpaired) electrons. The first-order chi connectivity index (χ1) is 6.88. The number of rotatable bonds is 2. The van der Waals surface area contributed by atoms with Crippen molar-refractivity contribution in [1.29, 1.82) is 0 Å². The Morgan fingerprint density at radius 1 is 1.36 bits per heavy atom. The van der Waals surface area contributed by atoms with Crippen LogP contribution >= 0.6 is 0 Å². The van der Waals surface area contributed by atoms with Crippen LogP contribution in [0.3, 0.4) is 0 Å². The highest BCUT2D eigenvalue weighted by atomic mass is 16.3. The molecule has 1 aliphatic rings. The Hall–Kier alpha value is -1.83. The number of ketones is 1. The number of furan rings is 1. The SMILES string of the molecule is O=C(C1=CC=CCC=C1)c1ccco1. The van der Waals surface area contributed by atoms with Crippen LogP contribution in [0.2, 0.25) is 0 Å². The third kappa shape index (κ3) is 1.74. The summed E-state index contributed by atoms with van der Waals surface area (Å²) in [6.45, 7) is 0. The molecule has 1 heterocycles. The maximum absolute atomic E-state index is 11.8. The van der Waals surface area contributed by atoms with Crippen molar-refractivity contribution in [3.05, 3.63) is 60.1 Å². The van der Waals surface area contributed by atoms with E-state index < -0.39 is 0 Å². The molecule has 0 aromatic carbocycles. The van der Waals surface area contributed by atoms with Crippen LogP contribution < -0.4 is 0 Å². The van der Waals surface area contributed by atoms with E-state index in [1.54, 1.807) is 18.2 Å². The second-order valence-corrected chi connectivity index (χ2v) is 2.99. The van der Waals surface area contributed by atoms with E-state index in [0.717, 1.165) is 6.42 Å². The molecule has 0 aliphatic heterocycles. The van der Waals surface area contributed by atoms with Crippen LogP contribution in [-0.4, -0.2) is 5.78 Å². The lowest BCUT2D eigenvalue weighted by atomic mass is 10.1. The average molecular weight is 186 g/mol. The van der Waals surface area contributed by atoms with Crippen molar-refractivity contribution in [2.45, 2.75) is 6.42 Å². The quantitative estimate of drug-likeness (QED) is 0.665. The monoisotopic (exact) mass is 186 g/mol. The molecule has 2 nitrogen and oxygen atoms in total. The predicted octanol–water partition coefficient (Wildman–Crippen LogP) is 2.90. The minimum Gasteiger partial charge on any atom is -0.461 e. The van der Waals surface area contributed by atoms with Crippen LogP contribution in [0, 0.1) is 0 Å². The zero-order valence-electron chi connectivity index (χ0n) is 7.64. The van der Waals surface area contributed by atoms with Gasteiger partial charge in [-0.1, -0.05) is 30.4 Å². The van der Waals surface area contributed by atoms with Crippen LogP contribution in [-0.2, 0) is 0 Å². The summed E-state index contributed by atoms with van der Waals surface area (Å²) in [5.41, 5.74) is 0.661. The van der Waals surface area contributed by atoms with Crippen LogP contribution in [0.1, 0.15) is 17.0 Å². The second kappa shape index (κ2) is 3.92. The van der Waals surface area contributed by atoms with Gasteiger partial charge in [-0.2, -0.15) is 0 Å². The molecule has 0 atom stereocenters. The predicted molar refractivity (Wildman–Crippen MR) is 54.0 cm³/mol. The molecular weight excluding hydrogens is 176 g/mol. The van der Waals surface area contributed by atoms with Gasteiger partial charge in [0.1, 0.15) is 0 Å². The molecule has 0 saturated carbocycles. The van der Waals surface area contributed by atoms with E-state index >= 15 is 0 Å². The van der Waals surface area contributed by atoms with Crippen LogP contribution in [0.4, 0.5) is 0 Å². The molecule has 1 aliphatic carbocycles. The van der Waals surface area contributed by atoms with Crippen LogP contribution in [0.5, 0.6) is 0 Å². The minimum atomic E-state index is -0.0715. The fourth-order valence-electron chi connectivity index (χ4n) is 1.28. The average Bonchev–Trinajstić information content (AvgIpc) is 2.59. The molecule has 0 N–H and O–H groups in total. The Kier molecular flexibility index (Phi) is 2.45. The molecule has 2 rings (SSSR count). The molecule has 70 valence electrons. The van der Waals surface area contributed by atoms with Gasteiger partial charge >= 0.3 is 0 Å². The number of allylic oxidation sites excluding steroid dienone is 6. The summed E-state index contributed by atoms with van der Waals surface area (Å²) in [4.78, 5) is 11.8. The van der Waals surface area contributed by atoms with E-state index in [-0.39, 0.29) is 5.78 Å². The molecule has 1 aromatic heterocycles.